The summed E-state index contributed by atoms with van der Waals surface area (Å²) >= 11 is 2.01. The second kappa shape index (κ2) is 5.00. The molecule has 0 saturated carbocycles. The molecule has 3 N–H and O–H groups in total. The monoisotopic (exact) mass is 249 g/mol. The number of nitrogens with one attached hydrogen (secondary N) is 1. The molecule has 2 rings (SSSR count). The molecule has 1 unspecified atom stereocenters. The van der Waals surface area contributed by atoms with E-state index >= 15 is 0 Å². The minimum atomic E-state index is 0.162. The molecule has 0 radical (unpaired) electrons. The molecule has 0 aliphatic carbocycles. The van der Waals surface area contributed by atoms with E-state index in [1.165, 1.54) is 0 Å². The number of aryl methyl sites for hydroxylation is 1. The maximum absolute atomic E-state index is 7.69. The first kappa shape index (κ1) is 12.3. The Kier molecular flexibility index (Phi) is 3.62. The molecule has 1 aromatic carbocycles. The van der Waals surface area contributed by atoms with Gasteiger partial charge in [-0.05, 0) is 19.1 Å². The Morgan fingerprint density at radius 3 is 2.94 bits per heavy atom. The van der Waals surface area contributed by atoms with Crippen LogP contribution in [0, 0.1) is 12.3 Å². The smallest absolute Gasteiger partial charge is 0.124 e. The van der Waals surface area contributed by atoms with Gasteiger partial charge in [-0.2, -0.15) is 11.8 Å². The van der Waals surface area contributed by atoms with Gasteiger partial charge in [-0.25, -0.2) is 0 Å². The lowest BCUT2D eigenvalue weighted by Crippen LogP contribution is -2.37. The van der Waals surface area contributed by atoms with Gasteiger partial charge in [-0.1, -0.05) is 18.6 Å². The number of rotatable bonds is 2. The molecule has 0 spiro atoms. The number of nitrogen functional groups attached to an aromatic ring is 1. The lowest BCUT2D eigenvalue weighted by Gasteiger charge is -2.33. The summed E-state index contributed by atoms with van der Waals surface area (Å²) in [5.41, 5.74) is 8.80. The normalized spacial score (nSPS) is 20.4. The molecule has 0 bridgehead atoms. The van der Waals surface area contributed by atoms with Crippen LogP contribution >= 0.6 is 11.8 Å². The fourth-order valence-electron chi connectivity index (χ4n) is 2.18. The van der Waals surface area contributed by atoms with Gasteiger partial charge < -0.3 is 10.6 Å². The maximum Gasteiger partial charge on any atom is 0.124 e. The Labute approximate surface area is 107 Å². The summed E-state index contributed by atoms with van der Waals surface area (Å²) in [4.78, 5) is 2.34. The largest absolute Gasteiger partial charge is 0.384 e. The Hall–Kier alpha value is -1.16. The number of nitrogens with zero attached hydrogens (tertiary/aromatic N) is 1. The van der Waals surface area contributed by atoms with Crippen LogP contribution in [-0.2, 0) is 0 Å². The number of anilines is 1. The number of nitrogens with two attached hydrogens (primary N) is 1. The van der Waals surface area contributed by atoms with E-state index < -0.39 is 0 Å². The fourth-order valence-corrected chi connectivity index (χ4v) is 3.19. The van der Waals surface area contributed by atoms with Crippen LogP contribution in [0.1, 0.15) is 18.1 Å². The highest BCUT2D eigenvalue weighted by Crippen LogP contribution is 2.27. The van der Waals surface area contributed by atoms with Crippen molar-refractivity contribution in [2.75, 3.05) is 23.7 Å². The second-order valence-electron chi connectivity index (χ2n) is 4.56. The first-order valence-corrected chi connectivity index (χ1v) is 6.94. The first-order valence-electron chi connectivity index (χ1n) is 5.89. The topological polar surface area (TPSA) is 53.1 Å². The van der Waals surface area contributed by atoms with Crippen molar-refractivity contribution in [3.05, 3.63) is 29.3 Å². The van der Waals surface area contributed by atoms with Gasteiger partial charge in [0.15, 0.2) is 0 Å². The number of amidine groups is 1. The first-order chi connectivity index (χ1) is 8.08. The average molecular weight is 249 g/mol. The van der Waals surface area contributed by atoms with Crippen molar-refractivity contribution < 1.29 is 0 Å². The van der Waals surface area contributed by atoms with Gasteiger partial charge in [0.2, 0.25) is 0 Å². The molecule has 1 aliphatic heterocycles. The van der Waals surface area contributed by atoms with E-state index in [1.807, 2.05) is 24.8 Å². The molecule has 1 atom stereocenters. The Morgan fingerprint density at radius 2 is 2.29 bits per heavy atom. The summed E-state index contributed by atoms with van der Waals surface area (Å²) in [6.45, 7) is 6.36. The minimum Gasteiger partial charge on any atom is -0.384 e. The molecule has 1 fully saturated rings. The third-order valence-corrected chi connectivity index (χ3v) is 4.16. The highest BCUT2D eigenvalue weighted by molar-refractivity contribution is 8.00. The van der Waals surface area contributed by atoms with E-state index in [0.717, 1.165) is 35.7 Å². The van der Waals surface area contributed by atoms with Crippen LogP contribution in [0.25, 0.3) is 0 Å². The van der Waals surface area contributed by atoms with Crippen LogP contribution in [0.15, 0.2) is 18.2 Å². The Balaban J connectivity index is 2.33. The summed E-state index contributed by atoms with van der Waals surface area (Å²) < 4.78 is 0. The molecule has 0 aromatic heterocycles. The predicted octanol–water partition coefficient (Wildman–Crippen LogP) is 2.22. The fraction of sp³-hybridized carbons (Fsp3) is 0.462. The van der Waals surface area contributed by atoms with Gasteiger partial charge >= 0.3 is 0 Å². The SMILES string of the molecule is Cc1ccc(N2CCSC(C)C2)c(C(=N)N)c1. The molecule has 1 saturated heterocycles. The van der Waals surface area contributed by atoms with E-state index in [9.17, 15) is 0 Å². The van der Waals surface area contributed by atoms with Crippen molar-refractivity contribution in [3.8, 4) is 0 Å². The third kappa shape index (κ3) is 2.75. The van der Waals surface area contributed by atoms with Crippen LogP contribution in [0.4, 0.5) is 5.69 Å². The van der Waals surface area contributed by atoms with Crippen LogP contribution in [0.2, 0.25) is 0 Å². The molecule has 1 heterocycles. The van der Waals surface area contributed by atoms with Crippen LogP contribution < -0.4 is 10.6 Å². The highest BCUT2D eigenvalue weighted by atomic mass is 32.2. The number of thioether (sulfide) groups is 1. The predicted molar refractivity (Wildman–Crippen MR) is 76.3 cm³/mol. The van der Waals surface area contributed by atoms with Crippen molar-refractivity contribution in [3.63, 3.8) is 0 Å². The van der Waals surface area contributed by atoms with E-state index in [-0.39, 0.29) is 5.84 Å². The molecule has 3 nitrogen and oxygen atoms in total. The number of hydrogen-bond acceptors (Lipinski definition) is 3. The molecular weight excluding hydrogens is 230 g/mol. The van der Waals surface area contributed by atoms with Gasteiger partial charge in [0.25, 0.3) is 0 Å². The lowest BCUT2D eigenvalue weighted by atomic mass is 10.1. The average Bonchev–Trinajstić information content (AvgIpc) is 2.28. The summed E-state index contributed by atoms with van der Waals surface area (Å²) in [6, 6.07) is 6.19. The van der Waals surface area contributed by atoms with Crippen molar-refractivity contribution in [2.24, 2.45) is 5.73 Å². The highest BCUT2D eigenvalue weighted by Gasteiger charge is 2.19. The second-order valence-corrected chi connectivity index (χ2v) is 6.11. The molecule has 92 valence electrons. The molecule has 0 amide bonds. The van der Waals surface area contributed by atoms with Gasteiger partial charge in [0, 0.05) is 35.3 Å². The molecule has 17 heavy (non-hydrogen) atoms. The quantitative estimate of drug-likeness (QED) is 0.624. The van der Waals surface area contributed by atoms with Gasteiger partial charge in [-0.3, -0.25) is 5.41 Å². The van der Waals surface area contributed by atoms with Gasteiger partial charge in [-0.15, -0.1) is 0 Å². The third-order valence-electron chi connectivity index (χ3n) is 3.02. The van der Waals surface area contributed by atoms with Crippen molar-refractivity contribution >= 4 is 23.3 Å². The van der Waals surface area contributed by atoms with Crippen molar-refractivity contribution in [2.45, 2.75) is 19.1 Å². The zero-order valence-corrected chi connectivity index (χ0v) is 11.2. The van der Waals surface area contributed by atoms with Crippen molar-refractivity contribution in [1.82, 2.24) is 0 Å². The van der Waals surface area contributed by atoms with E-state index in [0.29, 0.717) is 5.25 Å². The van der Waals surface area contributed by atoms with E-state index in [1.54, 1.807) is 0 Å². The lowest BCUT2D eigenvalue weighted by molar-refractivity contribution is 0.782. The standard InChI is InChI=1S/C13H19N3S/c1-9-3-4-12(11(7-9)13(14)15)16-5-6-17-10(2)8-16/h3-4,7,10H,5-6,8H2,1-2H3,(H3,14,15). The number of hydrogen-bond donors (Lipinski definition) is 2. The zero-order chi connectivity index (χ0) is 12.4. The number of benzene rings is 1. The molecule has 1 aromatic rings. The maximum atomic E-state index is 7.69. The van der Waals surface area contributed by atoms with E-state index in [4.69, 9.17) is 11.1 Å². The molecular formula is C13H19N3S. The Bertz CT molecular complexity index is 431. The van der Waals surface area contributed by atoms with E-state index in [2.05, 4.69) is 24.0 Å². The van der Waals surface area contributed by atoms with Crippen LogP contribution in [0.5, 0.6) is 0 Å². The minimum absolute atomic E-state index is 0.162. The Morgan fingerprint density at radius 1 is 1.53 bits per heavy atom. The summed E-state index contributed by atoms with van der Waals surface area (Å²) in [5, 5.41) is 8.33. The van der Waals surface area contributed by atoms with Crippen LogP contribution in [0.3, 0.4) is 0 Å². The summed E-state index contributed by atoms with van der Waals surface area (Å²) in [5.74, 6) is 1.31. The molecule has 1 aliphatic rings. The van der Waals surface area contributed by atoms with Crippen molar-refractivity contribution in [1.29, 1.82) is 5.41 Å². The van der Waals surface area contributed by atoms with Crippen LogP contribution in [-0.4, -0.2) is 29.9 Å². The zero-order valence-electron chi connectivity index (χ0n) is 10.4. The van der Waals surface area contributed by atoms with Gasteiger partial charge in [0.1, 0.15) is 5.84 Å². The summed E-state index contributed by atoms with van der Waals surface area (Å²) in [6.07, 6.45) is 0. The summed E-state index contributed by atoms with van der Waals surface area (Å²) in [7, 11) is 0. The molecule has 4 heteroatoms. The van der Waals surface area contributed by atoms with Gasteiger partial charge in [0.05, 0.1) is 0 Å².